The van der Waals surface area contributed by atoms with Crippen LogP contribution < -0.4 is 5.32 Å². The molecule has 7 heteroatoms. The Balaban J connectivity index is 1.34. The standard InChI is InChI=1S/C34H33FN6/c1-4-22(19-26(5-2)37-21(3)23-10-7-6-8-11-23)28-14-15-30-33(39-28)34(41-40-30)31-20-27-29(38-31)16-17-36-32(27)24-12-9-13-25(35)18-24/h4-5,9,12-20,23,37-38H,2-3,6-8,10-11H2,1H3,(H,40,41)/b22-4+,26-19+. The first-order valence-electron chi connectivity index (χ1n) is 14.1. The van der Waals surface area contributed by atoms with Gasteiger partial charge < -0.3 is 10.3 Å². The number of rotatable bonds is 8. The summed E-state index contributed by atoms with van der Waals surface area (Å²) in [6.45, 7) is 10.4. The topological polar surface area (TPSA) is 82.3 Å². The van der Waals surface area contributed by atoms with E-state index in [-0.39, 0.29) is 5.82 Å². The minimum absolute atomic E-state index is 0.297. The van der Waals surface area contributed by atoms with Gasteiger partial charge in [0.15, 0.2) is 0 Å². The summed E-state index contributed by atoms with van der Waals surface area (Å²) in [5.41, 5.74) is 9.14. The average Bonchev–Trinajstić information content (AvgIpc) is 3.63. The lowest BCUT2D eigenvalue weighted by atomic mass is 9.87. The van der Waals surface area contributed by atoms with Crippen LogP contribution in [0, 0.1) is 11.7 Å². The van der Waals surface area contributed by atoms with Crippen molar-refractivity contribution in [2.45, 2.75) is 39.0 Å². The number of H-pyrrole nitrogens is 2. The van der Waals surface area contributed by atoms with Gasteiger partial charge in [-0.3, -0.25) is 10.1 Å². The zero-order valence-electron chi connectivity index (χ0n) is 23.2. The van der Waals surface area contributed by atoms with Crippen LogP contribution in [-0.4, -0.2) is 25.1 Å². The third-order valence-corrected chi connectivity index (χ3v) is 7.85. The van der Waals surface area contributed by atoms with Crippen molar-refractivity contribution in [3.63, 3.8) is 0 Å². The summed E-state index contributed by atoms with van der Waals surface area (Å²) in [6.07, 6.45) is 13.9. The molecule has 0 aliphatic heterocycles. The van der Waals surface area contributed by atoms with Gasteiger partial charge in [0.2, 0.25) is 0 Å². The molecule has 41 heavy (non-hydrogen) atoms. The maximum atomic E-state index is 14.0. The van der Waals surface area contributed by atoms with E-state index in [1.54, 1.807) is 12.3 Å². The third-order valence-electron chi connectivity index (χ3n) is 7.85. The highest BCUT2D eigenvalue weighted by Crippen LogP contribution is 2.33. The van der Waals surface area contributed by atoms with E-state index < -0.39 is 0 Å². The van der Waals surface area contributed by atoms with Gasteiger partial charge in [0.25, 0.3) is 0 Å². The summed E-state index contributed by atoms with van der Waals surface area (Å²) in [5, 5.41) is 12.1. The van der Waals surface area contributed by atoms with Gasteiger partial charge in [0, 0.05) is 34.1 Å². The fourth-order valence-corrected chi connectivity index (χ4v) is 5.65. The van der Waals surface area contributed by atoms with Crippen molar-refractivity contribution in [1.82, 2.24) is 30.5 Å². The number of aromatic nitrogens is 5. The molecule has 0 radical (unpaired) electrons. The Morgan fingerprint density at radius 1 is 1.05 bits per heavy atom. The first kappa shape index (κ1) is 26.4. The van der Waals surface area contributed by atoms with Gasteiger partial charge >= 0.3 is 0 Å². The van der Waals surface area contributed by atoms with Gasteiger partial charge in [-0.25, -0.2) is 9.37 Å². The molecular formula is C34H33FN6. The lowest BCUT2D eigenvalue weighted by Gasteiger charge is -2.25. The van der Waals surface area contributed by atoms with E-state index in [0.717, 1.165) is 55.9 Å². The number of nitrogens with one attached hydrogen (secondary N) is 3. The van der Waals surface area contributed by atoms with Gasteiger partial charge in [-0.2, -0.15) is 5.10 Å². The van der Waals surface area contributed by atoms with Gasteiger partial charge in [-0.05, 0) is 79.8 Å². The molecular weight excluding hydrogens is 511 g/mol. The van der Waals surface area contributed by atoms with Crippen molar-refractivity contribution < 1.29 is 4.39 Å². The molecule has 3 N–H and O–H groups in total. The van der Waals surface area contributed by atoms with Crippen molar-refractivity contribution in [3.8, 4) is 22.6 Å². The molecule has 0 bridgehead atoms. The van der Waals surface area contributed by atoms with Crippen molar-refractivity contribution in [2.75, 3.05) is 0 Å². The maximum absolute atomic E-state index is 14.0. The Morgan fingerprint density at radius 2 is 1.90 bits per heavy atom. The van der Waals surface area contributed by atoms with E-state index in [1.165, 1.54) is 44.2 Å². The highest BCUT2D eigenvalue weighted by Gasteiger charge is 2.18. The van der Waals surface area contributed by atoms with Crippen molar-refractivity contribution >= 4 is 27.5 Å². The van der Waals surface area contributed by atoms with Gasteiger partial charge in [-0.1, -0.05) is 50.6 Å². The summed E-state index contributed by atoms with van der Waals surface area (Å²) >= 11 is 0. The second kappa shape index (κ2) is 11.4. The molecule has 1 aromatic carbocycles. The first-order valence-corrected chi connectivity index (χ1v) is 14.1. The highest BCUT2D eigenvalue weighted by molar-refractivity contribution is 5.99. The van der Waals surface area contributed by atoms with E-state index in [0.29, 0.717) is 17.3 Å². The molecule has 1 aliphatic rings. The number of allylic oxidation sites excluding steroid dienone is 5. The van der Waals surface area contributed by atoms with Crippen LogP contribution in [0.2, 0.25) is 0 Å². The summed E-state index contributed by atoms with van der Waals surface area (Å²) in [7, 11) is 0. The molecule has 0 amide bonds. The highest BCUT2D eigenvalue weighted by atomic mass is 19.1. The van der Waals surface area contributed by atoms with Crippen LogP contribution in [0.4, 0.5) is 4.39 Å². The largest absolute Gasteiger partial charge is 0.359 e. The summed E-state index contributed by atoms with van der Waals surface area (Å²) in [4.78, 5) is 13.0. The average molecular weight is 545 g/mol. The smallest absolute Gasteiger partial charge is 0.135 e. The normalized spacial score (nSPS) is 15.0. The Kier molecular flexibility index (Phi) is 7.33. The fourth-order valence-electron chi connectivity index (χ4n) is 5.65. The van der Waals surface area contributed by atoms with Crippen LogP contribution >= 0.6 is 0 Å². The molecule has 0 atom stereocenters. The van der Waals surface area contributed by atoms with Crippen LogP contribution in [-0.2, 0) is 0 Å². The fraction of sp³-hybridized carbons (Fsp3) is 0.206. The maximum Gasteiger partial charge on any atom is 0.135 e. The number of fused-ring (bicyclic) bond motifs is 2. The van der Waals surface area contributed by atoms with E-state index >= 15 is 0 Å². The molecule has 5 aromatic rings. The van der Waals surface area contributed by atoms with Crippen LogP contribution in [0.3, 0.4) is 0 Å². The molecule has 1 aliphatic carbocycles. The Labute approximate surface area is 238 Å². The molecule has 4 aromatic heterocycles. The number of hydrogen-bond acceptors (Lipinski definition) is 4. The van der Waals surface area contributed by atoms with E-state index in [4.69, 9.17) is 4.98 Å². The Morgan fingerprint density at radius 3 is 2.68 bits per heavy atom. The lowest BCUT2D eigenvalue weighted by Crippen LogP contribution is -2.20. The van der Waals surface area contributed by atoms with Gasteiger partial charge in [0.1, 0.15) is 17.0 Å². The minimum Gasteiger partial charge on any atom is -0.359 e. The summed E-state index contributed by atoms with van der Waals surface area (Å²) < 4.78 is 14.0. The van der Waals surface area contributed by atoms with Crippen molar-refractivity contribution in [3.05, 3.63) is 109 Å². The molecule has 6 rings (SSSR count). The number of aromatic amines is 2. The van der Waals surface area contributed by atoms with Crippen LogP contribution in [0.1, 0.15) is 44.7 Å². The van der Waals surface area contributed by atoms with Crippen LogP contribution in [0.25, 0.3) is 50.2 Å². The number of benzene rings is 1. The molecule has 1 fully saturated rings. The molecule has 0 spiro atoms. The molecule has 4 heterocycles. The van der Waals surface area contributed by atoms with E-state index in [1.807, 2.05) is 49.4 Å². The monoisotopic (exact) mass is 544 g/mol. The first-order chi connectivity index (χ1) is 20.0. The Bertz CT molecular complexity index is 1820. The van der Waals surface area contributed by atoms with Gasteiger partial charge in [-0.15, -0.1) is 0 Å². The summed E-state index contributed by atoms with van der Waals surface area (Å²) in [5.74, 6) is 0.200. The lowest BCUT2D eigenvalue weighted by molar-refractivity contribution is 0.393. The number of hydrogen-bond donors (Lipinski definition) is 3. The molecule has 0 unspecified atom stereocenters. The molecule has 206 valence electrons. The van der Waals surface area contributed by atoms with E-state index in [2.05, 4.69) is 44.7 Å². The minimum atomic E-state index is -0.297. The zero-order valence-corrected chi connectivity index (χ0v) is 23.2. The van der Waals surface area contributed by atoms with E-state index in [9.17, 15) is 4.39 Å². The SMILES string of the molecule is C=C/C(=C\C(=C/C)c1ccc2[nH]nc(-c3cc4c(-c5cccc(F)c5)nccc4[nH]3)c2n1)NC(=C)C1CCCCC1. The number of halogens is 1. The molecule has 0 saturated heterocycles. The number of nitrogens with zero attached hydrogens (tertiary/aromatic N) is 3. The van der Waals surface area contributed by atoms with Crippen LogP contribution in [0.5, 0.6) is 0 Å². The molecule has 6 nitrogen and oxygen atoms in total. The van der Waals surface area contributed by atoms with Gasteiger partial charge in [0.05, 0.1) is 22.6 Å². The Hall–Kier alpha value is -4.78. The predicted octanol–water partition coefficient (Wildman–Crippen LogP) is 8.46. The van der Waals surface area contributed by atoms with Crippen LogP contribution in [0.15, 0.2) is 97.5 Å². The summed E-state index contributed by atoms with van der Waals surface area (Å²) in [6, 6.07) is 14.4. The zero-order chi connectivity index (χ0) is 28.3. The second-order valence-corrected chi connectivity index (χ2v) is 10.5. The van der Waals surface area contributed by atoms with Crippen molar-refractivity contribution in [2.24, 2.45) is 5.92 Å². The number of pyridine rings is 2. The van der Waals surface area contributed by atoms with Crippen molar-refractivity contribution in [1.29, 1.82) is 0 Å². The molecule has 1 saturated carbocycles. The predicted molar refractivity (Wildman–Crippen MR) is 165 cm³/mol. The second-order valence-electron chi connectivity index (χ2n) is 10.5. The third kappa shape index (κ3) is 5.35. The quantitative estimate of drug-likeness (QED) is 0.171.